The van der Waals surface area contributed by atoms with E-state index in [1.165, 1.54) is 0 Å². The van der Waals surface area contributed by atoms with Gasteiger partial charge in [-0.1, -0.05) is 6.42 Å². The van der Waals surface area contributed by atoms with Gasteiger partial charge in [0.2, 0.25) is 0 Å². The fourth-order valence-electron chi connectivity index (χ4n) is 2.51. The van der Waals surface area contributed by atoms with E-state index in [9.17, 15) is 4.79 Å². The highest BCUT2D eigenvalue weighted by molar-refractivity contribution is 5.72. The lowest BCUT2D eigenvalue weighted by Crippen LogP contribution is -2.36. The normalized spacial score (nSPS) is 23.8. The van der Waals surface area contributed by atoms with Gasteiger partial charge in [-0.25, -0.2) is 0 Å². The Morgan fingerprint density at radius 3 is 3.17 bits per heavy atom. The van der Waals surface area contributed by atoms with Gasteiger partial charge >= 0.3 is 5.97 Å². The topological polar surface area (TPSA) is 51.5 Å². The Bertz CT molecular complexity index is 361. The number of carbonyl (C=O) groups excluding carboxylic acids is 1. The molecule has 0 radical (unpaired) electrons. The predicted octanol–water partition coefficient (Wildman–Crippen LogP) is 2.49. The fourth-order valence-corrected chi connectivity index (χ4v) is 2.51. The standard InChI is InChI=1S/C14H21NO3/c1-2-17-14(16)11-5-3-6-12(9-11)15-10-13-7-4-8-18-13/h4,7-8,11-12,15H,2-3,5-6,9-10H2,1H3. The number of hydrogen-bond acceptors (Lipinski definition) is 4. The monoisotopic (exact) mass is 251 g/mol. The number of nitrogens with one attached hydrogen (secondary N) is 1. The summed E-state index contributed by atoms with van der Waals surface area (Å²) in [6.07, 6.45) is 5.71. The van der Waals surface area contributed by atoms with Gasteiger partial charge < -0.3 is 14.5 Å². The van der Waals surface area contributed by atoms with E-state index in [2.05, 4.69) is 5.32 Å². The van der Waals surface area contributed by atoms with Gasteiger partial charge in [0, 0.05) is 6.04 Å². The van der Waals surface area contributed by atoms with Gasteiger partial charge in [0.05, 0.1) is 25.3 Å². The van der Waals surface area contributed by atoms with E-state index in [1.54, 1.807) is 6.26 Å². The summed E-state index contributed by atoms with van der Waals surface area (Å²) in [5.41, 5.74) is 0. The number of carbonyl (C=O) groups is 1. The summed E-state index contributed by atoms with van der Waals surface area (Å²) in [4.78, 5) is 11.7. The zero-order chi connectivity index (χ0) is 12.8. The lowest BCUT2D eigenvalue weighted by atomic mass is 9.85. The molecule has 1 aromatic heterocycles. The molecular weight excluding hydrogens is 230 g/mol. The number of rotatable bonds is 5. The molecule has 1 saturated carbocycles. The molecule has 18 heavy (non-hydrogen) atoms. The highest BCUT2D eigenvalue weighted by Crippen LogP contribution is 2.25. The first kappa shape index (κ1) is 13.1. The van der Waals surface area contributed by atoms with Crippen LogP contribution in [0.5, 0.6) is 0 Å². The van der Waals surface area contributed by atoms with Crippen molar-refractivity contribution in [2.45, 2.75) is 45.2 Å². The fraction of sp³-hybridized carbons (Fsp3) is 0.643. The van der Waals surface area contributed by atoms with Gasteiger partial charge in [-0.15, -0.1) is 0 Å². The van der Waals surface area contributed by atoms with Crippen LogP contribution in [0.3, 0.4) is 0 Å². The maximum absolute atomic E-state index is 11.7. The highest BCUT2D eigenvalue weighted by Gasteiger charge is 2.27. The molecule has 2 unspecified atom stereocenters. The van der Waals surface area contributed by atoms with Crippen molar-refractivity contribution in [2.75, 3.05) is 6.61 Å². The van der Waals surface area contributed by atoms with Crippen molar-refractivity contribution in [3.05, 3.63) is 24.2 Å². The van der Waals surface area contributed by atoms with Crippen molar-refractivity contribution in [2.24, 2.45) is 5.92 Å². The zero-order valence-corrected chi connectivity index (χ0v) is 10.9. The molecule has 1 aromatic rings. The van der Waals surface area contributed by atoms with Gasteiger partial charge in [-0.2, -0.15) is 0 Å². The van der Waals surface area contributed by atoms with E-state index < -0.39 is 0 Å². The molecule has 1 heterocycles. The van der Waals surface area contributed by atoms with Crippen LogP contribution in [0.4, 0.5) is 0 Å². The Labute approximate surface area is 108 Å². The first-order valence-electron chi connectivity index (χ1n) is 6.72. The Hall–Kier alpha value is -1.29. The number of esters is 1. The predicted molar refractivity (Wildman–Crippen MR) is 67.9 cm³/mol. The third kappa shape index (κ3) is 3.60. The molecular formula is C14H21NO3. The van der Waals surface area contributed by atoms with Crippen LogP contribution in [0.1, 0.15) is 38.4 Å². The van der Waals surface area contributed by atoms with Gasteiger partial charge in [-0.3, -0.25) is 4.79 Å². The van der Waals surface area contributed by atoms with Crippen molar-refractivity contribution in [1.29, 1.82) is 0 Å². The maximum atomic E-state index is 11.7. The van der Waals surface area contributed by atoms with Crippen molar-refractivity contribution in [1.82, 2.24) is 5.32 Å². The van der Waals surface area contributed by atoms with Crippen LogP contribution in [0.25, 0.3) is 0 Å². The molecule has 2 rings (SSSR count). The minimum absolute atomic E-state index is 0.0398. The molecule has 100 valence electrons. The van der Waals surface area contributed by atoms with Gasteiger partial charge in [0.15, 0.2) is 0 Å². The van der Waals surface area contributed by atoms with E-state index in [4.69, 9.17) is 9.15 Å². The summed E-state index contributed by atoms with van der Waals surface area (Å²) >= 11 is 0. The van der Waals surface area contributed by atoms with Crippen LogP contribution >= 0.6 is 0 Å². The quantitative estimate of drug-likeness (QED) is 0.817. The van der Waals surface area contributed by atoms with Crippen LogP contribution in [-0.4, -0.2) is 18.6 Å². The molecule has 0 aromatic carbocycles. The minimum Gasteiger partial charge on any atom is -0.468 e. The Morgan fingerprint density at radius 1 is 1.56 bits per heavy atom. The average Bonchev–Trinajstić information content (AvgIpc) is 2.90. The van der Waals surface area contributed by atoms with Crippen molar-refractivity contribution in [3.63, 3.8) is 0 Å². The van der Waals surface area contributed by atoms with Crippen LogP contribution in [0.2, 0.25) is 0 Å². The smallest absolute Gasteiger partial charge is 0.308 e. The summed E-state index contributed by atoms with van der Waals surface area (Å²) in [5, 5.41) is 3.45. The van der Waals surface area contributed by atoms with E-state index in [1.807, 2.05) is 19.1 Å². The summed E-state index contributed by atoms with van der Waals surface area (Å²) in [5.74, 6) is 0.961. The maximum Gasteiger partial charge on any atom is 0.308 e. The van der Waals surface area contributed by atoms with Gasteiger partial charge in [-0.05, 0) is 38.3 Å². The minimum atomic E-state index is -0.0398. The Kier molecular flexibility index (Phi) is 4.81. The molecule has 1 aliphatic carbocycles. The van der Waals surface area contributed by atoms with E-state index in [-0.39, 0.29) is 11.9 Å². The number of furan rings is 1. The van der Waals surface area contributed by atoms with Crippen LogP contribution in [0.15, 0.2) is 22.8 Å². The summed E-state index contributed by atoms with van der Waals surface area (Å²) in [7, 11) is 0. The van der Waals surface area contributed by atoms with Crippen molar-refractivity contribution in [3.8, 4) is 0 Å². The molecule has 0 bridgehead atoms. The van der Waals surface area contributed by atoms with Crippen LogP contribution in [0, 0.1) is 5.92 Å². The summed E-state index contributed by atoms with van der Waals surface area (Å²) in [6.45, 7) is 3.06. The largest absolute Gasteiger partial charge is 0.468 e. The van der Waals surface area contributed by atoms with Crippen molar-refractivity contribution >= 4 is 5.97 Å². The Balaban J connectivity index is 1.77. The van der Waals surface area contributed by atoms with Crippen molar-refractivity contribution < 1.29 is 13.9 Å². The van der Waals surface area contributed by atoms with Gasteiger partial charge in [0.25, 0.3) is 0 Å². The SMILES string of the molecule is CCOC(=O)C1CCCC(NCc2ccco2)C1. The number of hydrogen-bond donors (Lipinski definition) is 1. The summed E-state index contributed by atoms with van der Waals surface area (Å²) < 4.78 is 10.4. The average molecular weight is 251 g/mol. The molecule has 4 nitrogen and oxygen atoms in total. The zero-order valence-electron chi connectivity index (χ0n) is 10.9. The molecule has 1 N–H and O–H groups in total. The molecule has 1 aliphatic rings. The second kappa shape index (κ2) is 6.59. The molecule has 0 spiro atoms. The molecule has 0 amide bonds. The molecule has 0 saturated heterocycles. The lowest BCUT2D eigenvalue weighted by molar-refractivity contribution is -0.149. The second-order valence-electron chi connectivity index (χ2n) is 4.77. The van der Waals surface area contributed by atoms with E-state index >= 15 is 0 Å². The number of ether oxygens (including phenoxy) is 1. The van der Waals surface area contributed by atoms with Crippen LogP contribution < -0.4 is 5.32 Å². The van der Waals surface area contributed by atoms with Crippen LogP contribution in [-0.2, 0) is 16.1 Å². The third-order valence-electron chi connectivity index (χ3n) is 3.44. The first-order valence-corrected chi connectivity index (χ1v) is 6.72. The highest BCUT2D eigenvalue weighted by atomic mass is 16.5. The molecule has 1 fully saturated rings. The lowest BCUT2D eigenvalue weighted by Gasteiger charge is -2.28. The molecule has 0 aliphatic heterocycles. The Morgan fingerprint density at radius 2 is 2.44 bits per heavy atom. The second-order valence-corrected chi connectivity index (χ2v) is 4.77. The van der Waals surface area contributed by atoms with Gasteiger partial charge in [0.1, 0.15) is 5.76 Å². The molecule has 4 heteroatoms. The van der Waals surface area contributed by atoms with E-state index in [0.29, 0.717) is 12.6 Å². The van der Waals surface area contributed by atoms with E-state index in [0.717, 1.165) is 38.0 Å². The summed E-state index contributed by atoms with van der Waals surface area (Å²) in [6, 6.07) is 4.23. The first-order chi connectivity index (χ1) is 8.79. The third-order valence-corrected chi connectivity index (χ3v) is 3.44. The molecule has 2 atom stereocenters.